The number of ether oxygens (including phenoxy) is 2. The van der Waals surface area contributed by atoms with Gasteiger partial charge in [-0.1, -0.05) is 36.4 Å². The van der Waals surface area contributed by atoms with Gasteiger partial charge in [0, 0.05) is 5.39 Å². The molecule has 2 N–H and O–H groups in total. The van der Waals surface area contributed by atoms with E-state index in [1.807, 2.05) is 25.1 Å². The first kappa shape index (κ1) is 19.2. The molecule has 3 aromatic rings. The molecule has 6 heteroatoms. The molecular weight excluding hydrogens is 358 g/mol. The standard InChI is InChI=1S/C22H21NO5/c1-13-8-11-19(27-3)18(12-13)23-21(25)14(2)28-22(26)17-10-9-15-6-4-5-7-16(15)20(17)24/h4-12,14,24H,1-3H3,(H,23,25)/t14-/m1/s1. The van der Waals surface area contributed by atoms with E-state index in [1.54, 1.807) is 30.3 Å². The number of carbonyl (C=O) groups excluding carboxylic acids is 2. The van der Waals surface area contributed by atoms with Gasteiger partial charge in [-0.25, -0.2) is 4.79 Å². The van der Waals surface area contributed by atoms with Crippen LogP contribution in [0.15, 0.2) is 54.6 Å². The van der Waals surface area contributed by atoms with Crippen LogP contribution in [0.1, 0.15) is 22.8 Å². The van der Waals surface area contributed by atoms with Crippen LogP contribution in [-0.2, 0) is 9.53 Å². The number of phenols is 1. The van der Waals surface area contributed by atoms with Crippen molar-refractivity contribution in [3.05, 3.63) is 65.7 Å². The van der Waals surface area contributed by atoms with E-state index in [4.69, 9.17) is 9.47 Å². The van der Waals surface area contributed by atoms with Crippen LogP contribution >= 0.6 is 0 Å². The normalized spacial score (nSPS) is 11.7. The highest BCUT2D eigenvalue weighted by atomic mass is 16.5. The molecule has 0 aliphatic rings. The van der Waals surface area contributed by atoms with E-state index in [0.29, 0.717) is 16.8 Å². The highest BCUT2D eigenvalue weighted by molar-refractivity contribution is 6.03. The number of aryl methyl sites for hydroxylation is 1. The van der Waals surface area contributed by atoms with Crippen molar-refractivity contribution in [2.75, 3.05) is 12.4 Å². The summed E-state index contributed by atoms with van der Waals surface area (Å²) >= 11 is 0. The lowest BCUT2D eigenvalue weighted by Gasteiger charge is -2.16. The first-order chi connectivity index (χ1) is 13.4. The molecule has 0 aliphatic carbocycles. The van der Waals surface area contributed by atoms with E-state index in [9.17, 15) is 14.7 Å². The number of fused-ring (bicyclic) bond motifs is 1. The topological polar surface area (TPSA) is 84.9 Å². The number of hydrogen-bond acceptors (Lipinski definition) is 5. The third-order valence-corrected chi connectivity index (χ3v) is 4.39. The van der Waals surface area contributed by atoms with Crippen LogP contribution in [0, 0.1) is 6.92 Å². The molecule has 3 rings (SSSR count). The highest BCUT2D eigenvalue weighted by Crippen LogP contribution is 2.29. The quantitative estimate of drug-likeness (QED) is 0.654. The summed E-state index contributed by atoms with van der Waals surface area (Å²) in [6, 6.07) is 15.7. The van der Waals surface area contributed by atoms with Gasteiger partial charge in [-0.15, -0.1) is 0 Å². The Hall–Kier alpha value is -3.54. The van der Waals surface area contributed by atoms with Crippen LogP contribution in [0.25, 0.3) is 10.8 Å². The summed E-state index contributed by atoms with van der Waals surface area (Å²) in [7, 11) is 1.51. The van der Waals surface area contributed by atoms with Crippen LogP contribution in [-0.4, -0.2) is 30.2 Å². The first-order valence-corrected chi connectivity index (χ1v) is 8.78. The Labute approximate surface area is 162 Å². The summed E-state index contributed by atoms with van der Waals surface area (Å²) < 4.78 is 10.5. The summed E-state index contributed by atoms with van der Waals surface area (Å²) in [5, 5.41) is 14.4. The summed E-state index contributed by atoms with van der Waals surface area (Å²) in [6.45, 7) is 3.36. The zero-order chi connectivity index (χ0) is 20.3. The summed E-state index contributed by atoms with van der Waals surface area (Å²) in [6.07, 6.45) is -1.07. The van der Waals surface area contributed by atoms with Crippen LogP contribution in [0.4, 0.5) is 5.69 Å². The minimum atomic E-state index is -1.07. The fourth-order valence-electron chi connectivity index (χ4n) is 2.85. The molecule has 0 aromatic heterocycles. The van der Waals surface area contributed by atoms with Crippen molar-refractivity contribution in [2.24, 2.45) is 0 Å². The van der Waals surface area contributed by atoms with Crippen LogP contribution in [0.2, 0.25) is 0 Å². The van der Waals surface area contributed by atoms with Crippen molar-refractivity contribution in [2.45, 2.75) is 20.0 Å². The molecule has 3 aromatic carbocycles. The average molecular weight is 379 g/mol. The second-order valence-electron chi connectivity index (χ2n) is 6.42. The third kappa shape index (κ3) is 3.91. The zero-order valence-corrected chi connectivity index (χ0v) is 15.9. The lowest BCUT2D eigenvalue weighted by atomic mass is 10.1. The van der Waals surface area contributed by atoms with E-state index in [-0.39, 0.29) is 11.3 Å². The minimum absolute atomic E-state index is 0.00601. The fraction of sp³-hybridized carbons (Fsp3) is 0.182. The van der Waals surface area contributed by atoms with Crippen molar-refractivity contribution in [3.63, 3.8) is 0 Å². The number of esters is 1. The predicted molar refractivity (Wildman–Crippen MR) is 107 cm³/mol. The van der Waals surface area contributed by atoms with E-state index in [2.05, 4.69) is 5.32 Å². The molecule has 1 atom stereocenters. The number of rotatable bonds is 5. The molecule has 6 nitrogen and oxygen atoms in total. The predicted octanol–water partition coefficient (Wildman–Crippen LogP) is 4.05. The minimum Gasteiger partial charge on any atom is -0.506 e. The number of anilines is 1. The second kappa shape index (κ2) is 8.00. The van der Waals surface area contributed by atoms with Crippen LogP contribution < -0.4 is 10.1 Å². The fourth-order valence-corrected chi connectivity index (χ4v) is 2.85. The first-order valence-electron chi connectivity index (χ1n) is 8.78. The average Bonchev–Trinajstić information content (AvgIpc) is 2.68. The van der Waals surface area contributed by atoms with Crippen molar-refractivity contribution in [1.29, 1.82) is 0 Å². The van der Waals surface area contributed by atoms with E-state index in [1.165, 1.54) is 20.1 Å². The molecule has 0 bridgehead atoms. The lowest BCUT2D eigenvalue weighted by molar-refractivity contribution is -0.123. The zero-order valence-electron chi connectivity index (χ0n) is 15.9. The van der Waals surface area contributed by atoms with E-state index in [0.717, 1.165) is 10.9 Å². The Bertz CT molecular complexity index is 1040. The molecule has 0 heterocycles. The number of phenolic OH excluding ortho intramolecular Hbond substituents is 1. The molecule has 0 saturated heterocycles. The smallest absolute Gasteiger partial charge is 0.342 e. The van der Waals surface area contributed by atoms with Gasteiger partial charge >= 0.3 is 5.97 Å². The number of nitrogens with one attached hydrogen (secondary N) is 1. The monoisotopic (exact) mass is 379 g/mol. The van der Waals surface area contributed by atoms with Crippen LogP contribution in [0.3, 0.4) is 0 Å². The van der Waals surface area contributed by atoms with Gasteiger partial charge in [0.15, 0.2) is 6.10 Å². The number of amides is 1. The maximum Gasteiger partial charge on any atom is 0.342 e. The molecule has 0 spiro atoms. The maximum atomic E-state index is 12.5. The molecule has 144 valence electrons. The van der Waals surface area contributed by atoms with Gasteiger partial charge in [0.2, 0.25) is 0 Å². The molecule has 1 amide bonds. The van der Waals surface area contributed by atoms with Gasteiger partial charge in [-0.2, -0.15) is 0 Å². The summed E-state index contributed by atoms with van der Waals surface area (Å²) in [5.41, 5.74) is 1.44. The Balaban J connectivity index is 1.75. The number of hydrogen-bond donors (Lipinski definition) is 2. The molecule has 0 saturated carbocycles. The van der Waals surface area contributed by atoms with Gasteiger partial charge in [0.25, 0.3) is 5.91 Å². The van der Waals surface area contributed by atoms with Crippen LogP contribution in [0.5, 0.6) is 11.5 Å². The van der Waals surface area contributed by atoms with E-state index < -0.39 is 18.0 Å². The largest absolute Gasteiger partial charge is 0.506 e. The van der Waals surface area contributed by atoms with Gasteiger partial charge in [-0.05, 0) is 43.0 Å². The molecule has 0 fully saturated rings. The van der Waals surface area contributed by atoms with Gasteiger partial charge in [-0.3, -0.25) is 4.79 Å². The SMILES string of the molecule is COc1ccc(C)cc1NC(=O)[C@@H](C)OC(=O)c1ccc2ccccc2c1O. The number of methoxy groups -OCH3 is 1. The third-order valence-electron chi connectivity index (χ3n) is 4.39. The Morgan fingerprint density at radius 3 is 2.57 bits per heavy atom. The molecule has 28 heavy (non-hydrogen) atoms. The molecule has 0 radical (unpaired) electrons. The highest BCUT2D eigenvalue weighted by Gasteiger charge is 2.22. The van der Waals surface area contributed by atoms with Crippen molar-refractivity contribution in [1.82, 2.24) is 0 Å². The summed E-state index contributed by atoms with van der Waals surface area (Å²) in [4.78, 5) is 24.9. The number of carbonyl (C=O) groups is 2. The van der Waals surface area contributed by atoms with Crippen molar-refractivity contribution >= 4 is 28.3 Å². The van der Waals surface area contributed by atoms with Crippen molar-refractivity contribution < 1.29 is 24.2 Å². The van der Waals surface area contributed by atoms with Crippen molar-refractivity contribution in [3.8, 4) is 11.5 Å². The second-order valence-corrected chi connectivity index (χ2v) is 6.42. The Morgan fingerprint density at radius 1 is 1.07 bits per heavy atom. The molecule has 0 aliphatic heterocycles. The lowest BCUT2D eigenvalue weighted by Crippen LogP contribution is -2.30. The maximum absolute atomic E-state index is 12.5. The number of aromatic hydroxyl groups is 1. The molecular formula is C22H21NO5. The number of benzene rings is 3. The summed E-state index contributed by atoms with van der Waals surface area (Å²) in [5.74, 6) is -0.944. The van der Waals surface area contributed by atoms with Gasteiger partial charge in [0.05, 0.1) is 12.8 Å². The van der Waals surface area contributed by atoms with E-state index >= 15 is 0 Å². The molecule has 0 unspecified atom stereocenters. The Kier molecular flexibility index (Phi) is 5.49. The van der Waals surface area contributed by atoms with Gasteiger partial charge < -0.3 is 19.9 Å². The van der Waals surface area contributed by atoms with Gasteiger partial charge in [0.1, 0.15) is 17.1 Å². The Morgan fingerprint density at radius 2 is 1.82 bits per heavy atom.